The molecule has 2 aromatic carbocycles. The Morgan fingerprint density at radius 2 is 1.85 bits per heavy atom. The van der Waals surface area contributed by atoms with E-state index in [2.05, 4.69) is 21.2 Å². The molecule has 3 rings (SSSR count). The molecule has 0 unspecified atom stereocenters. The maximum Gasteiger partial charge on any atom is 0.260 e. The van der Waals surface area contributed by atoms with Crippen LogP contribution in [0.2, 0.25) is 0 Å². The van der Waals surface area contributed by atoms with Crippen molar-refractivity contribution in [1.29, 1.82) is 0 Å². The van der Waals surface area contributed by atoms with Gasteiger partial charge >= 0.3 is 0 Å². The van der Waals surface area contributed by atoms with Gasteiger partial charge < -0.3 is 15.0 Å². The highest BCUT2D eigenvalue weighted by atomic mass is 79.9. The van der Waals surface area contributed by atoms with Crippen molar-refractivity contribution in [2.45, 2.75) is 12.8 Å². The van der Waals surface area contributed by atoms with Gasteiger partial charge in [-0.1, -0.05) is 34.1 Å². The van der Waals surface area contributed by atoms with Crippen LogP contribution >= 0.6 is 15.9 Å². The molecule has 1 atom stereocenters. The van der Waals surface area contributed by atoms with Gasteiger partial charge in [0.15, 0.2) is 6.61 Å². The minimum atomic E-state index is -0.194. The van der Waals surface area contributed by atoms with Crippen molar-refractivity contribution in [3.63, 3.8) is 0 Å². The summed E-state index contributed by atoms with van der Waals surface area (Å²) >= 11 is 3.36. The van der Waals surface area contributed by atoms with Gasteiger partial charge in [0, 0.05) is 23.2 Å². The third kappa shape index (κ3) is 5.08. The van der Waals surface area contributed by atoms with Crippen LogP contribution in [0.25, 0.3) is 0 Å². The minimum Gasteiger partial charge on any atom is -0.484 e. The fourth-order valence-corrected chi connectivity index (χ4v) is 3.21. The summed E-state index contributed by atoms with van der Waals surface area (Å²) in [6.07, 6.45) is 1.60. The molecule has 0 aromatic heterocycles. The number of anilines is 1. The second-order valence-electron chi connectivity index (χ2n) is 6.28. The van der Waals surface area contributed by atoms with Crippen molar-refractivity contribution in [2.75, 3.05) is 25.0 Å². The first-order valence-electron chi connectivity index (χ1n) is 8.64. The first-order chi connectivity index (χ1) is 12.6. The first kappa shape index (κ1) is 18.5. The van der Waals surface area contributed by atoms with Crippen LogP contribution in [0.3, 0.4) is 0 Å². The third-order valence-electron chi connectivity index (χ3n) is 4.36. The molecule has 1 fully saturated rings. The number of likely N-dealkylation sites (tertiary alicyclic amines) is 1. The summed E-state index contributed by atoms with van der Waals surface area (Å²) in [6.45, 7) is 1.08. The Bertz CT molecular complexity index is 749. The average Bonchev–Trinajstić information content (AvgIpc) is 2.68. The van der Waals surface area contributed by atoms with E-state index in [-0.39, 0.29) is 24.3 Å². The van der Waals surface area contributed by atoms with E-state index < -0.39 is 0 Å². The summed E-state index contributed by atoms with van der Waals surface area (Å²) in [7, 11) is 0. The van der Waals surface area contributed by atoms with Crippen LogP contribution < -0.4 is 10.1 Å². The number of para-hydroxylation sites is 1. The van der Waals surface area contributed by atoms with Gasteiger partial charge in [0.25, 0.3) is 5.91 Å². The molecule has 6 heteroatoms. The molecule has 0 radical (unpaired) electrons. The van der Waals surface area contributed by atoms with Gasteiger partial charge in [-0.05, 0) is 49.2 Å². The summed E-state index contributed by atoms with van der Waals surface area (Å²) in [6, 6.07) is 16.7. The highest BCUT2D eigenvalue weighted by Gasteiger charge is 2.28. The van der Waals surface area contributed by atoms with Crippen LogP contribution in [-0.2, 0) is 9.59 Å². The number of benzene rings is 2. The molecule has 0 spiro atoms. The molecule has 0 aliphatic carbocycles. The topological polar surface area (TPSA) is 58.6 Å². The summed E-state index contributed by atoms with van der Waals surface area (Å²) in [5.41, 5.74) is 0.777. The van der Waals surface area contributed by atoms with Crippen molar-refractivity contribution in [3.05, 3.63) is 59.1 Å². The molecule has 1 heterocycles. The lowest BCUT2D eigenvalue weighted by molar-refractivity contribution is -0.136. The number of hydrogen-bond donors (Lipinski definition) is 1. The highest BCUT2D eigenvalue weighted by molar-refractivity contribution is 9.10. The zero-order chi connectivity index (χ0) is 18.4. The molecule has 136 valence electrons. The van der Waals surface area contributed by atoms with E-state index in [0.29, 0.717) is 18.8 Å². The molecule has 2 aromatic rings. The van der Waals surface area contributed by atoms with Gasteiger partial charge in [0.2, 0.25) is 5.91 Å². The Balaban J connectivity index is 1.51. The van der Waals surface area contributed by atoms with Gasteiger partial charge in [-0.3, -0.25) is 9.59 Å². The molecule has 0 bridgehead atoms. The number of nitrogens with one attached hydrogen (secondary N) is 1. The van der Waals surface area contributed by atoms with Gasteiger partial charge in [-0.25, -0.2) is 0 Å². The number of rotatable bonds is 5. The van der Waals surface area contributed by atoms with Crippen LogP contribution in [0.1, 0.15) is 12.8 Å². The second-order valence-corrected chi connectivity index (χ2v) is 7.19. The van der Waals surface area contributed by atoms with Crippen LogP contribution in [0, 0.1) is 5.92 Å². The molecule has 5 nitrogen and oxygen atoms in total. The lowest BCUT2D eigenvalue weighted by Crippen LogP contribution is -2.45. The van der Waals surface area contributed by atoms with E-state index in [4.69, 9.17) is 4.74 Å². The van der Waals surface area contributed by atoms with E-state index in [1.165, 1.54) is 0 Å². The van der Waals surface area contributed by atoms with Crippen molar-refractivity contribution in [2.24, 2.45) is 5.92 Å². The largest absolute Gasteiger partial charge is 0.484 e. The normalized spacial score (nSPS) is 16.8. The van der Waals surface area contributed by atoms with Crippen molar-refractivity contribution in [1.82, 2.24) is 4.90 Å². The molecule has 26 heavy (non-hydrogen) atoms. The molecular weight excluding hydrogens is 396 g/mol. The highest BCUT2D eigenvalue weighted by Crippen LogP contribution is 2.20. The SMILES string of the molecule is O=C(Nc1ccccc1)[C@@H]1CCCN(C(=O)COc2ccc(Br)cc2)C1. The Morgan fingerprint density at radius 1 is 1.12 bits per heavy atom. The van der Waals surface area contributed by atoms with Crippen molar-refractivity contribution in [3.8, 4) is 5.75 Å². The quantitative estimate of drug-likeness (QED) is 0.807. The fraction of sp³-hybridized carbons (Fsp3) is 0.300. The smallest absolute Gasteiger partial charge is 0.260 e. The molecule has 1 aliphatic rings. The van der Waals surface area contributed by atoms with E-state index in [9.17, 15) is 9.59 Å². The zero-order valence-corrected chi connectivity index (χ0v) is 15.9. The van der Waals surface area contributed by atoms with Crippen molar-refractivity contribution < 1.29 is 14.3 Å². The van der Waals surface area contributed by atoms with Gasteiger partial charge in [-0.15, -0.1) is 0 Å². The van der Waals surface area contributed by atoms with Gasteiger partial charge in [0.1, 0.15) is 5.75 Å². The number of amides is 2. The number of carbonyl (C=O) groups is 2. The van der Waals surface area contributed by atoms with E-state index in [0.717, 1.165) is 23.0 Å². The maximum absolute atomic E-state index is 12.5. The van der Waals surface area contributed by atoms with E-state index in [1.54, 1.807) is 4.90 Å². The van der Waals surface area contributed by atoms with Crippen LogP contribution in [0.15, 0.2) is 59.1 Å². The monoisotopic (exact) mass is 416 g/mol. The number of hydrogen-bond acceptors (Lipinski definition) is 3. The third-order valence-corrected chi connectivity index (χ3v) is 4.89. The van der Waals surface area contributed by atoms with E-state index in [1.807, 2.05) is 54.6 Å². The second kappa shape index (κ2) is 8.85. The predicted octanol–water partition coefficient (Wildman–Crippen LogP) is 3.71. The van der Waals surface area contributed by atoms with E-state index >= 15 is 0 Å². The number of halogens is 1. The predicted molar refractivity (Wildman–Crippen MR) is 104 cm³/mol. The average molecular weight is 417 g/mol. The molecular formula is C20H21BrN2O3. The Kier molecular flexibility index (Phi) is 6.28. The number of carbonyl (C=O) groups excluding carboxylic acids is 2. The number of piperidine rings is 1. The zero-order valence-electron chi connectivity index (χ0n) is 14.4. The number of nitrogens with zero attached hydrogens (tertiary/aromatic N) is 1. The molecule has 2 amide bonds. The lowest BCUT2D eigenvalue weighted by Gasteiger charge is -2.32. The summed E-state index contributed by atoms with van der Waals surface area (Å²) in [4.78, 5) is 26.6. The van der Waals surface area contributed by atoms with Crippen LogP contribution in [0.4, 0.5) is 5.69 Å². The lowest BCUT2D eigenvalue weighted by atomic mass is 9.97. The van der Waals surface area contributed by atoms with Crippen LogP contribution in [0.5, 0.6) is 5.75 Å². The van der Waals surface area contributed by atoms with Gasteiger partial charge in [0.05, 0.1) is 5.92 Å². The molecule has 1 aliphatic heterocycles. The van der Waals surface area contributed by atoms with Gasteiger partial charge in [-0.2, -0.15) is 0 Å². The molecule has 1 saturated heterocycles. The minimum absolute atomic E-state index is 0.0192. The molecule has 0 saturated carbocycles. The summed E-state index contributed by atoms with van der Waals surface area (Å²) < 4.78 is 6.51. The first-order valence-corrected chi connectivity index (χ1v) is 9.43. The summed E-state index contributed by atoms with van der Waals surface area (Å²) in [5.74, 6) is 0.324. The summed E-state index contributed by atoms with van der Waals surface area (Å²) in [5, 5.41) is 2.92. The Hall–Kier alpha value is -2.34. The Morgan fingerprint density at radius 3 is 2.58 bits per heavy atom. The standard InChI is InChI=1S/C20H21BrN2O3/c21-16-8-10-18(11-9-16)26-14-19(24)23-12-4-5-15(13-23)20(25)22-17-6-2-1-3-7-17/h1-3,6-11,15H,4-5,12-14H2,(H,22,25)/t15-/m1/s1. The fourth-order valence-electron chi connectivity index (χ4n) is 2.95. The van der Waals surface area contributed by atoms with Crippen molar-refractivity contribution >= 4 is 33.4 Å². The number of ether oxygens (including phenoxy) is 1. The van der Waals surface area contributed by atoms with Crippen LogP contribution in [-0.4, -0.2) is 36.4 Å². The molecule has 1 N–H and O–H groups in total. The Labute approximate surface area is 161 Å². The maximum atomic E-state index is 12.5.